The highest BCUT2D eigenvalue weighted by atomic mass is 35.5. The third kappa shape index (κ3) is 2.67. The Balaban J connectivity index is 0.00000156. The van der Waals surface area contributed by atoms with Gasteiger partial charge in [0.1, 0.15) is 0 Å². The molecule has 3 atom stereocenters. The Hall–Kier alpha value is -1.75. The summed E-state index contributed by atoms with van der Waals surface area (Å²) >= 11 is 0. The number of ether oxygens (including phenoxy) is 1. The molecule has 0 radical (unpaired) electrons. The highest BCUT2D eigenvalue weighted by Gasteiger charge is 2.38. The molecule has 2 aromatic carbocycles. The first-order valence-corrected chi connectivity index (χ1v) is 7.84. The molecule has 1 heterocycles. The van der Waals surface area contributed by atoms with E-state index in [1.54, 1.807) is 0 Å². The van der Waals surface area contributed by atoms with Crippen LogP contribution in [0.4, 0.5) is 11.4 Å². The van der Waals surface area contributed by atoms with Crippen molar-refractivity contribution in [3.8, 4) is 11.5 Å². The lowest BCUT2D eigenvalue weighted by molar-refractivity contribution is 0.0872. The molecule has 1 aliphatic heterocycles. The highest BCUT2D eigenvalue weighted by molar-refractivity contribution is 5.85. The molecular formula is C18H21ClN2O2. The van der Waals surface area contributed by atoms with E-state index in [2.05, 4.69) is 4.90 Å². The summed E-state index contributed by atoms with van der Waals surface area (Å²) in [5.41, 5.74) is 8.11. The average Bonchev–Trinajstić information content (AvgIpc) is 2.55. The lowest BCUT2D eigenvalue weighted by Crippen LogP contribution is -2.53. The Labute approximate surface area is 142 Å². The van der Waals surface area contributed by atoms with E-state index >= 15 is 0 Å². The molecule has 0 saturated heterocycles. The molecule has 5 heteroatoms. The predicted molar refractivity (Wildman–Crippen MR) is 94.0 cm³/mol. The van der Waals surface area contributed by atoms with E-state index < -0.39 is 6.10 Å². The minimum absolute atomic E-state index is 0. The lowest BCUT2D eigenvalue weighted by atomic mass is 9.86. The fourth-order valence-electron chi connectivity index (χ4n) is 3.56. The zero-order valence-electron chi connectivity index (χ0n) is 12.8. The van der Waals surface area contributed by atoms with Gasteiger partial charge in [-0.25, -0.2) is 0 Å². The van der Waals surface area contributed by atoms with Gasteiger partial charge in [-0.2, -0.15) is 0 Å². The second kappa shape index (κ2) is 6.40. The summed E-state index contributed by atoms with van der Waals surface area (Å²) in [6.07, 6.45) is 2.31. The molecule has 0 amide bonds. The molecule has 3 N–H and O–H groups in total. The number of aliphatic hydroxyl groups is 1. The van der Waals surface area contributed by atoms with Crippen LogP contribution in [0, 0.1) is 0 Å². The third-order valence-corrected chi connectivity index (χ3v) is 4.67. The molecule has 1 saturated carbocycles. The molecule has 4 rings (SSSR count). The molecule has 0 spiro atoms. The Morgan fingerprint density at radius 1 is 0.957 bits per heavy atom. The monoisotopic (exact) mass is 332 g/mol. The number of rotatable bonds is 1. The van der Waals surface area contributed by atoms with Crippen LogP contribution in [0.1, 0.15) is 19.3 Å². The standard InChI is InChI=1S/C18H20N2O2.ClH/c19-12-6-5-9-15(18(12)21)20-13-7-1-3-10-16(13)22-17-11-4-2-8-14(17)20;/h1-4,7-8,10-12,15,18,21H,5-6,9,19H2;1H/t12-,15+,18+;/m1./s1. The number of nitrogens with zero attached hydrogens (tertiary/aromatic N) is 1. The number of anilines is 2. The van der Waals surface area contributed by atoms with Gasteiger partial charge in [-0.15, -0.1) is 12.4 Å². The number of nitrogens with two attached hydrogens (primary N) is 1. The SMILES string of the molecule is Cl.N[C@@H]1CCC[C@H](N2c3ccccc3Oc3ccccc32)[C@H]1O. The van der Waals surface area contributed by atoms with E-state index in [1.165, 1.54) is 0 Å². The van der Waals surface area contributed by atoms with Gasteiger partial charge in [-0.1, -0.05) is 24.3 Å². The van der Waals surface area contributed by atoms with Crippen molar-refractivity contribution in [2.24, 2.45) is 5.73 Å². The first-order valence-electron chi connectivity index (χ1n) is 7.84. The van der Waals surface area contributed by atoms with Crippen LogP contribution in [0.15, 0.2) is 48.5 Å². The molecule has 0 bridgehead atoms. The van der Waals surface area contributed by atoms with Crippen molar-refractivity contribution in [2.45, 2.75) is 37.5 Å². The van der Waals surface area contributed by atoms with Crippen molar-refractivity contribution in [3.05, 3.63) is 48.5 Å². The third-order valence-electron chi connectivity index (χ3n) is 4.67. The van der Waals surface area contributed by atoms with Gasteiger partial charge in [0.25, 0.3) is 0 Å². The molecule has 2 aliphatic rings. The highest BCUT2D eigenvalue weighted by Crippen LogP contribution is 2.48. The molecule has 23 heavy (non-hydrogen) atoms. The van der Waals surface area contributed by atoms with E-state index in [0.717, 1.165) is 42.1 Å². The Kier molecular flexibility index (Phi) is 4.48. The minimum Gasteiger partial charge on any atom is -0.453 e. The second-order valence-electron chi connectivity index (χ2n) is 6.06. The number of halogens is 1. The van der Waals surface area contributed by atoms with E-state index in [9.17, 15) is 5.11 Å². The van der Waals surface area contributed by atoms with E-state index in [-0.39, 0.29) is 24.5 Å². The first-order chi connectivity index (χ1) is 10.8. The molecule has 122 valence electrons. The van der Waals surface area contributed by atoms with Gasteiger partial charge < -0.3 is 20.5 Å². The maximum atomic E-state index is 10.6. The zero-order chi connectivity index (χ0) is 15.1. The Morgan fingerprint density at radius 2 is 1.52 bits per heavy atom. The smallest absolute Gasteiger partial charge is 0.151 e. The van der Waals surface area contributed by atoms with Gasteiger partial charge in [0.15, 0.2) is 11.5 Å². The molecule has 1 fully saturated rings. The summed E-state index contributed by atoms with van der Waals surface area (Å²) in [5, 5.41) is 10.6. The van der Waals surface area contributed by atoms with Crippen molar-refractivity contribution in [1.82, 2.24) is 0 Å². The Morgan fingerprint density at radius 3 is 2.13 bits per heavy atom. The fourth-order valence-corrected chi connectivity index (χ4v) is 3.56. The zero-order valence-corrected chi connectivity index (χ0v) is 13.6. The number of hydrogen-bond acceptors (Lipinski definition) is 4. The van der Waals surface area contributed by atoms with Crippen LogP contribution in [0.3, 0.4) is 0 Å². The molecule has 0 aromatic heterocycles. The Bertz CT molecular complexity index is 649. The fraction of sp³-hybridized carbons (Fsp3) is 0.333. The second-order valence-corrected chi connectivity index (χ2v) is 6.06. The van der Waals surface area contributed by atoms with Crippen molar-refractivity contribution in [3.63, 3.8) is 0 Å². The summed E-state index contributed by atoms with van der Waals surface area (Å²) in [5.74, 6) is 1.65. The van der Waals surface area contributed by atoms with Gasteiger partial charge in [0.05, 0.1) is 23.5 Å². The van der Waals surface area contributed by atoms with Crippen molar-refractivity contribution in [2.75, 3.05) is 4.90 Å². The molecule has 1 aliphatic carbocycles. The van der Waals surface area contributed by atoms with Gasteiger partial charge in [-0.3, -0.25) is 0 Å². The van der Waals surface area contributed by atoms with Crippen molar-refractivity contribution >= 4 is 23.8 Å². The summed E-state index contributed by atoms with van der Waals surface area (Å²) in [7, 11) is 0. The van der Waals surface area contributed by atoms with Crippen molar-refractivity contribution < 1.29 is 9.84 Å². The quantitative estimate of drug-likeness (QED) is 0.837. The van der Waals surface area contributed by atoms with Crippen LogP contribution in [0.25, 0.3) is 0 Å². The molecular weight excluding hydrogens is 312 g/mol. The molecule has 2 aromatic rings. The van der Waals surface area contributed by atoms with E-state index in [4.69, 9.17) is 10.5 Å². The largest absolute Gasteiger partial charge is 0.453 e. The normalized spacial score (nSPS) is 25.7. The van der Waals surface area contributed by atoms with Gasteiger partial charge >= 0.3 is 0 Å². The van der Waals surface area contributed by atoms with Gasteiger partial charge in [0.2, 0.25) is 0 Å². The molecule has 0 unspecified atom stereocenters. The van der Waals surface area contributed by atoms with Gasteiger partial charge in [0, 0.05) is 6.04 Å². The maximum absolute atomic E-state index is 10.6. The molecule has 4 nitrogen and oxygen atoms in total. The first kappa shape index (κ1) is 16.1. The minimum atomic E-state index is -0.534. The van der Waals surface area contributed by atoms with Crippen LogP contribution in [-0.2, 0) is 0 Å². The van der Waals surface area contributed by atoms with Crippen LogP contribution in [-0.4, -0.2) is 23.3 Å². The van der Waals surface area contributed by atoms with Gasteiger partial charge in [-0.05, 0) is 43.5 Å². The number of aliphatic hydroxyl groups excluding tert-OH is 1. The number of para-hydroxylation sites is 4. The van der Waals surface area contributed by atoms with E-state index in [1.807, 2.05) is 48.5 Å². The predicted octanol–water partition coefficient (Wildman–Crippen LogP) is 3.59. The maximum Gasteiger partial charge on any atom is 0.151 e. The van der Waals surface area contributed by atoms with Crippen LogP contribution in [0.5, 0.6) is 11.5 Å². The van der Waals surface area contributed by atoms with Crippen molar-refractivity contribution in [1.29, 1.82) is 0 Å². The number of fused-ring (bicyclic) bond motifs is 2. The van der Waals surface area contributed by atoms with Crippen LogP contribution >= 0.6 is 12.4 Å². The van der Waals surface area contributed by atoms with E-state index in [0.29, 0.717) is 0 Å². The topological polar surface area (TPSA) is 58.7 Å². The van der Waals surface area contributed by atoms with Crippen LogP contribution < -0.4 is 15.4 Å². The number of hydrogen-bond donors (Lipinski definition) is 2. The lowest BCUT2D eigenvalue weighted by Gasteiger charge is -2.44. The summed E-state index contributed by atoms with van der Waals surface area (Å²) in [4.78, 5) is 2.21. The summed E-state index contributed by atoms with van der Waals surface area (Å²) in [6, 6.07) is 15.8. The van der Waals surface area contributed by atoms with Crippen LogP contribution in [0.2, 0.25) is 0 Å². The summed E-state index contributed by atoms with van der Waals surface area (Å²) < 4.78 is 6.01. The number of benzene rings is 2. The average molecular weight is 333 g/mol. The summed E-state index contributed by atoms with van der Waals surface area (Å²) in [6.45, 7) is 0.